The molecule has 5 fully saturated rings. The minimum Gasteiger partial charge on any atom is -0.462 e. The highest BCUT2D eigenvalue weighted by Crippen LogP contribution is 2.63. The molecule has 6 nitrogen and oxygen atoms in total. The number of fused-ring (bicyclic) bond motifs is 4. The van der Waals surface area contributed by atoms with Gasteiger partial charge >= 0.3 is 36.6 Å². The van der Waals surface area contributed by atoms with Crippen LogP contribution in [-0.4, -0.2) is 82.8 Å². The molecule has 3 saturated carbocycles. The lowest BCUT2D eigenvalue weighted by atomic mass is 9.50. The van der Waals surface area contributed by atoms with E-state index in [2.05, 4.69) is 17.9 Å². The third kappa shape index (κ3) is 8.14. The van der Waals surface area contributed by atoms with Gasteiger partial charge in [0, 0.05) is 27.9 Å². The van der Waals surface area contributed by atoms with Crippen molar-refractivity contribution in [3.8, 4) is 0 Å². The molecule has 5 rings (SSSR count). The first-order valence-electron chi connectivity index (χ1n) is 18.2. The van der Waals surface area contributed by atoms with Crippen molar-refractivity contribution in [1.29, 1.82) is 0 Å². The van der Waals surface area contributed by atoms with Crippen LogP contribution in [-0.2, 0) is 23.8 Å². The van der Waals surface area contributed by atoms with Gasteiger partial charge < -0.3 is 19.3 Å². The Morgan fingerprint density at radius 3 is 1.56 bits per heavy atom. The lowest BCUT2D eigenvalue weighted by Crippen LogP contribution is -2.69. The van der Waals surface area contributed by atoms with E-state index in [1.165, 1.54) is 18.7 Å². The highest BCUT2D eigenvalue weighted by molar-refractivity contribution is 8.01. The van der Waals surface area contributed by atoms with Crippen LogP contribution >= 0.6 is 11.8 Å². The van der Waals surface area contributed by atoms with Gasteiger partial charge in [-0.15, -0.1) is 0 Å². The number of rotatable bonds is 11. The van der Waals surface area contributed by atoms with Crippen molar-refractivity contribution in [3.05, 3.63) is 24.3 Å². The summed E-state index contributed by atoms with van der Waals surface area (Å²) in [7, 11) is 0. The van der Waals surface area contributed by atoms with Crippen molar-refractivity contribution >= 4 is 23.7 Å². The van der Waals surface area contributed by atoms with Crippen molar-refractivity contribution in [1.82, 2.24) is 0 Å². The standard InChI is InChI=1S/C36H44F12O6S/c1-17(2)29(49)52-16-20-13-25-19(12-26(20)55-25)14-31(33(37,38)39,34(40,41)42)53-15-18(3)30(50)54-28-23-10-6-4-8-21(23)27(22-9-5-7-11-24(22)28)32(51,35(43,44)45)36(46,47)48/h19-28,51H,1,3-16H2,2H3. The average molecular weight is 833 g/mol. The lowest BCUT2D eigenvalue weighted by Gasteiger charge is -2.58. The minimum absolute atomic E-state index is 0.0150. The summed E-state index contributed by atoms with van der Waals surface area (Å²) in [5.41, 5.74) is -10.6. The van der Waals surface area contributed by atoms with Crippen LogP contribution in [0, 0.1) is 41.4 Å². The molecule has 314 valence electrons. The Labute approximate surface area is 314 Å². The molecular formula is C36H44F12O6S. The number of thioether (sulfide) groups is 1. The maximum absolute atomic E-state index is 14.6. The molecule has 0 amide bonds. The van der Waals surface area contributed by atoms with Crippen LogP contribution in [0.5, 0.6) is 0 Å². The predicted octanol–water partition coefficient (Wildman–Crippen LogP) is 9.45. The zero-order valence-electron chi connectivity index (χ0n) is 29.8. The van der Waals surface area contributed by atoms with Gasteiger partial charge in [0.25, 0.3) is 11.2 Å². The number of carbonyl (C=O) groups is 2. The van der Waals surface area contributed by atoms with Gasteiger partial charge in [0.2, 0.25) is 0 Å². The second kappa shape index (κ2) is 15.6. The van der Waals surface area contributed by atoms with Gasteiger partial charge in [-0.05, 0) is 81.5 Å². The van der Waals surface area contributed by atoms with Crippen molar-refractivity contribution in [2.75, 3.05) is 13.2 Å². The molecule has 55 heavy (non-hydrogen) atoms. The van der Waals surface area contributed by atoms with Crippen molar-refractivity contribution in [2.24, 2.45) is 41.4 Å². The van der Waals surface area contributed by atoms with Gasteiger partial charge in [-0.2, -0.15) is 64.4 Å². The summed E-state index contributed by atoms with van der Waals surface area (Å²) in [4.78, 5) is 25.2. The van der Waals surface area contributed by atoms with Gasteiger partial charge in [0.1, 0.15) is 6.10 Å². The minimum atomic E-state index is -6.10. The summed E-state index contributed by atoms with van der Waals surface area (Å²) in [5.74, 6) is -11.0. The lowest BCUT2D eigenvalue weighted by molar-refractivity contribution is -0.403. The molecule has 2 aliphatic heterocycles. The molecule has 0 radical (unpaired) electrons. The fraction of sp³-hybridized carbons (Fsp3) is 0.833. The first-order valence-corrected chi connectivity index (χ1v) is 19.2. The Morgan fingerprint density at radius 2 is 1.15 bits per heavy atom. The number of hydrogen-bond acceptors (Lipinski definition) is 7. The number of hydrogen-bond donors (Lipinski definition) is 1. The number of alkyl halides is 12. The first kappa shape index (κ1) is 44.0. The molecule has 8 unspecified atom stereocenters. The number of carbonyl (C=O) groups excluding carboxylic acids is 2. The second-order valence-electron chi connectivity index (χ2n) is 15.9. The highest BCUT2D eigenvalue weighted by atomic mass is 32.2. The van der Waals surface area contributed by atoms with E-state index in [0.29, 0.717) is 12.8 Å². The summed E-state index contributed by atoms with van der Waals surface area (Å²) in [5, 5.41) is 9.61. The third-order valence-electron chi connectivity index (χ3n) is 12.6. The molecule has 1 N–H and O–H groups in total. The van der Waals surface area contributed by atoms with Gasteiger partial charge in [0.15, 0.2) is 0 Å². The molecule has 0 aromatic rings. The smallest absolute Gasteiger partial charge is 0.426 e. The molecule has 0 aromatic heterocycles. The van der Waals surface area contributed by atoms with E-state index >= 15 is 0 Å². The van der Waals surface area contributed by atoms with Crippen LogP contribution in [0.3, 0.4) is 0 Å². The summed E-state index contributed by atoms with van der Waals surface area (Å²) < 4.78 is 189. The van der Waals surface area contributed by atoms with Crippen LogP contribution in [0.15, 0.2) is 24.3 Å². The zero-order valence-corrected chi connectivity index (χ0v) is 30.6. The Morgan fingerprint density at radius 1 is 0.691 bits per heavy atom. The van der Waals surface area contributed by atoms with Gasteiger partial charge in [-0.25, -0.2) is 9.59 Å². The first-order chi connectivity index (χ1) is 25.2. The maximum atomic E-state index is 14.6. The van der Waals surface area contributed by atoms with Gasteiger partial charge in [-0.3, -0.25) is 0 Å². The normalized spacial score (nSPS) is 33.1. The predicted molar refractivity (Wildman–Crippen MR) is 173 cm³/mol. The molecule has 0 aromatic carbocycles. The summed E-state index contributed by atoms with van der Waals surface area (Å²) in [6.45, 7) is 6.52. The van der Waals surface area contributed by atoms with Crippen molar-refractivity contribution in [2.45, 2.75) is 130 Å². The van der Waals surface area contributed by atoms with Crippen LogP contribution < -0.4 is 0 Å². The zero-order chi connectivity index (χ0) is 41.1. The Bertz CT molecular complexity index is 1410. The van der Waals surface area contributed by atoms with Gasteiger partial charge in [0.05, 0.1) is 18.8 Å². The molecule has 8 atom stereocenters. The molecule has 0 spiro atoms. The fourth-order valence-corrected chi connectivity index (χ4v) is 12.1. The second-order valence-corrected chi connectivity index (χ2v) is 17.4. The SMILES string of the molecule is C=C(C)C(=O)OCC1CC2SC1CC2CC(OCC(=C)C(=O)OC1C2CCCCC2C(C(O)(C(F)(F)F)C(F)(F)F)C2CCCCC21)(C(F)(F)F)C(F)(F)F. The maximum Gasteiger partial charge on any atom is 0.426 e. The Kier molecular flexibility index (Phi) is 12.4. The molecular weight excluding hydrogens is 788 g/mol. The fourth-order valence-electron chi connectivity index (χ4n) is 10.1. The highest BCUT2D eigenvalue weighted by Gasteiger charge is 2.78. The summed E-state index contributed by atoms with van der Waals surface area (Å²) in [6.07, 6.45) is -26.1. The van der Waals surface area contributed by atoms with Crippen LogP contribution in [0.2, 0.25) is 0 Å². The molecule has 2 heterocycles. The number of halogens is 12. The Hall–Kier alpha value is -2.15. The molecule has 19 heteroatoms. The molecule has 2 bridgehead atoms. The molecule has 5 aliphatic rings. The topological polar surface area (TPSA) is 82.1 Å². The summed E-state index contributed by atoms with van der Waals surface area (Å²) >= 11 is 1.20. The van der Waals surface area contributed by atoms with Crippen molar-refractivity contribution in [3.63, 3.8) is 0 Å². The van der Waals surface area contributed by atoms with Crippen LogP contribution in [0.4, 0.5) is 52.7 Å². The van der Waals surface area contributed by atoms with E-state index in [-0.39, 0.29) is 74.7 Å². The molecule has 3 aliphatic carbocycles. The van der Waals surface area contributed by atoms with E-state index in [0.717, 1.165) is 0 Å². The average Bonchev–Trinajstić information content (AvgIpc) is 3.66. The number of aliphatic hydroxyl groups is 1. The number of esters is 2. The van der Waals surface area contributed by atoms with Crippen molar-refractivity contribution < 1.29 is 81.6 Å². The third-order valence-corrected chi connectivity index (χ3v) is 14.5. The summed E-state index contributed by atoms with van der Waals surface area (Å²) in [6, 6.07) is 0. The molecule has 2 saturated heterocycles. The van der Waals surface area contributed by atoms with E-state index in [1.54, 1.807) is 0 Å². The van der Waals surface area contributed by atoms with E-state index in [4.69, 9.17) is 9.47 Å². The van der Waals surface area contributed by atoms with E-state index in [1.807, 2.05) is 0 Å². The van der Waals surface area contributed by atoms with Gasteiger partial charge in [-0.1, -0.05) is 38.8 Å². The monoisotopic (exact) mass is 832 g/mol. The van der Waals surface area contributed by atoms with Crippen LogP contribution in [0.1, 0.15) is 77.6 Å². The van der Waals surface area contributed by atoms with Crippen LogP contribution in [0.25, 0.3) is 0 Å². The van der Waals surface area contributed by atoms with E-state index < -0.39 is 113 Å². The van der Waals surface area contributed by atoms with E-state index in [9.17, 15) is 67.4 Å². The largest absolute Gasteiger partial charge is 0.462 e. The Balaban J connectivity index is 1.33. The quantitative estimate of drug-likeness (QED) is 0.126. The number of ether oxygens (including phenoxy) is 3.